The zero-order valence-electron chi connectivity index (χ0n) is 17.2. The predicted molar refractivity (Wildman–Crippen MR) is 117 cm³/mol. The van der Waals surface area contributed by atoms with Crippen LogP contribution in [0.25, 0.3) is 5.69 Å². The van der Waals surface area contributed by atoms with Crippen molar-refractivity contribution < 1.29 is 18.0 Å². The number of likely N-dealkylation sites (tertiary alicyclic amines) is 1. The number of rotatable bonds is 7. The summed E-state index contributed by atoms with van der Waals surface area (Å²) in [7, 11) is 0. The molecule has 1 amide bonds. The molecule has 168 valence electrons. The highest BCUT2D eigenvalue weighted by Gasteiger charge is 2.30. The van der Waals surface area contributed by atoms with Crippen molar-refractivity contribution in [1.82, 2.24) is 19.7 Å². The summed E-state index contributed by atoms with van der Waals surface area (Å²) in [6, 6.07) is 14.1. The number of nitrogens with one attached hydrogen (secondary N) is 1. The Bertz CT molecular complexity index is 1050. The number of thioether (sulfide) groups is 1. The molecule has 1 N–H and O–H groups in total. The van der Waals surface area contributed by atoms with E-state index in [1.165, 1.54) is 36.7 Å². The maximum absolute atomic E-state index is 12.7. The molecule has 0 saturated carbocycles. The lowest BCUT2D eigenvalue weighted by Crippen LogP contribution is -2.21. The van der Waals surface area contributed by atoms with Crippen LogP contribution in [0, 0.1) is 0 Å². The first-order valence-electron chi connectivity index (χ1n) is 10.2. The Morgan fingerprint density at radius 3 is 2.34 bits per heavy atom. The van der Waals surface area contributed by atoms with Crippen molar-refractivity contribution in [2.24, 2.45) is 0 Å². The van der Waals surface area contributed by atoms with E-state index in [2.05, 4.69) is 20.4 Å². The molecule has 1 saturated heterocycles. The van der Waals surface area contributed by atoms with Crippen LogP contribution >= 0.6 is 11.8 Å². The van der Waals surface area contributed by atoms with Crippen molar-refractivity contribution in [2.45, 2.75) is 30.7 Å². The Hall–Kier alpha value is -2.85. The maximum atomic E-state index is 12.7. The van der Waals surface area contributed by atoms with E-state index in [1.807, 2.05) is 34.9 Å². The SMILES string of the molecule is O=C(CSc1nnc(CN2CCCC2)n1-c1ccccc1)Nc1ccc(C(F)(F)F)cc1. The molecular weight excluding hydrogens is 439 g/mol. The fourth-order valence-electron chi connectivity index (χ4n) is 3.54. The third-order valence-electron chi connectivity index (χ3n) is 5.11. The van der Waals surface area contributed by atoms with Crippen LogP contribution in [0.2, 0.25) is 0 Å². The van der Waals surface area contributed by atoms with Crippen LogP contribution in [-0.2, 0) is 17.5 Å². The molecule has 1 aliphatic heterocycles. The number of halogens is 3. The molecule has 4 rings (SSSR count). The fraction of sp³-hybridized carbons (Fsp3) is 0.318. The van der Waals surface area contributed by atoms with Crippen LogP contribution in [0.3, 0.4) is 0 Å². The molecule has 2 heterocycles. The summed E-state index contributed by atoms with van der Waals surface area (Å²) in [6.45, 7) is 2.74. The summed E-state index contributed by atoms with van der Waals surface area (Å²) in [5, 5.41) is 11.9. The number of aromatic nitrogens is 3. The number of carbonyl (C=O) groups excluding carboxylic acids is 1. The average Bonchev–Trinajstić information content (AvgIpc) is 3.43. The first-order chi connectivity index (χ1) is 15.4. The molecule has 0 atom stereocenters. The fourth-order valence-corrected chi connectivity index (χ4v) is 4.31. The van der Waals surface area contributed by atoms with Crippen LogP contribution in [0.5, 0.6) is 0 Å². The van der Waals surface area contributed by atoms with Gasteiger partial charge in [0.15, 0.2) is 11.0 Å². The molecule has 3 aromatic rings. The van der Waals surface area contributed by atoms with E-state index in [0.717, 1.165) is 36.7 Å². The predicted octanol–water partition coefficient (Wildman–Crippen LogP) is 4.61. The Morgan fingerprint density at radius 1 is 1.00 bits per heavy atom. The number of benzene rings is 2. The third-order valence-corrected chi connectivity index (χ3v) is 6.04. The number of carbonyl (C=O) groups is 1. The maximum Gasteiger partial charge on any atom is 0.416 e. The van der Waals surface area contributed by atoms with Gasteiger partial charge in [-0.2, -0.15) is 13.2 Å². The number of para-hydroxylation sites is 1. The monoisotopic (exact) mass is 461 g/mol. The van der Waals surface area contributed by atoms with E-state index in [4.69, 9.17) is 0 Å². The largest absolute Gasteiger partial charge is 0.416 e. The van der Waals surface area contributed by atoms with Gasteiger partial charge in [0, 0.05) is 11.4 Å². The quantitative estimate of drug-likeness (QED) is 0.521. The zero-order valence-corrected chi connectivity index (χ0v) is 18.0. The van der Waals surface area contributed by atoms with Gasteiger partial charge < -0.3 is 5.32 Å². The molecule has 10 heteroatoms. The Kier molecular flexibility index (Phi) is 6.80. The second-order valence-corrected chi connectivity index (χ2v) is 8.41. The summed E-state index contributed by atoms with van der Waals surface area (Å²) >= 11 is 1.23. The molecule has 32 heavy (non-hydrogen) atoms. The standard InChI is InChI=1S/C22H22F3N5OS/c23-22(24,25)16-8-10-17(11-9-16)26-20(31)15-32-21-28-27-19(14-29-12-4-5-13-29)30(21)18-6-2-1-3-7-18/h1-3,6-11H,4-5,12-15H2,(H,26,31). The Labute approximate surface area is 187 Å². The minimum Gasteiger partial charge on any atom is -0.325 e. The van der Waals surface area contributed by atoms with Gasteiger partial charge in [0.1, 0.15) is 0 Å². The first kappa shape index (κ1) is 22.3. The van der Waals surface area contributed by atoms with Crippen molar-refractivity contribution in [2.75, 3.05) is 24.2 Å². The van der Waals surface area contributed by atoms with Crippen molar-refractivity contribution in [3.05, 3.63) is 66.0 Å². The smallest absolute Gasteiger partial charge is 0.325 e. The van der Waals surface area contributed by atoms with E-state index < -0.39 is 11.7 Å². The van der Waals surface area contributed by atoms with Crippen LogP contribution in [-0.4, -0.2) is 44.4 Å². The summed E-state index contributed by atoms with van der Waals surface area (Å²) in [5.74, 6) is 0.526. The van der Waals surface area contributed by atoms with Gasteiger partial charge in [0.25, 0.3) is 0 Å². The number of alkyl halides is 3. The highest BCUT2D eigenvalue weighted by Crippen LogP contribution is 2.30. The molecule has 0 bridgehead atoms. The van der Waals surface area contributed by atoms with Gasteiger partial charge in [0.2, 0.25) is 5.91 Å². The topological polar surface area (TPSA) is 63.1 Å². The van der Waals surface area contributed by atoms with Gasteiger partial charge in [0.05, 0.1) is 17.9 Å². The van der Waals surface area contributed by atoms with Crippen molar-refractivity contribution in [3.63, 3.8) is 0 Å². The number of hydrogen-bond donors (Lipinski definition) is 1. The van der Waals surface area contributed by atoms with E-state index in [-0.39, 0.29) is 11.7 Å². The van der Waals surface area contributed by atoms with Crippen LogP contribution in [0.4, 0.5) is 18.9 Å². The minimum atomic E-state index is -4.41. The van der Waals surface area contributed by atoms with Crippen molar-refractivity contribution in [3.8, 4) is 5.69 Å². The van der Waals surface area contributed by atoms with Crippen LogP contribution in [0.1, 0.15) is 24.2 Å². The van der Waals surface area contributed by atoms with Gasteiger partial charge in [-0.1, -0.05) is 30.0 Å². The molecule has 1 aliphatic rings. The molecule has 0 spiro atoms. The Morgan fingerprint density at radius 2 is 1.69 bits per heavy atom. The molecule has 2 aromatic carbocycles. The lowest BCUT2D eigenvalue weighted by molar-refractivity contribution is -0.137. The molecule has 1 fully saturated rings. The number of hydrogen-bond acceptors (Lipinski definition) is 5. The number of nitrogens with zero attached hydrogens (tertiary/aromatic N) is 4. The lowest BCUT2D eigenvalue weighted by atomic mass is 10.2. The summed E-state index contributed by atoms with van der Waals surface area (Å²) in [5.41, 5.74) is 0.464. The molecule has 1 aromatic heterocycles. The first-order valence-corrected chi connectivity index (χ1v) is 11.2. The minimum absolute atomic E-state index is 0.0513. The van der Waals surface area contributed by atoms with Gasteiger partial charge in [-0.3, -0.25) is 14.3 Å². The van der Waals surface area contributed by atoms with Crippen LogP contribution < -0.4 is 5.32 Å². The lowest BCUT2D eigenvalue weighted by Gasteiger charge is -2.16. The summed E-state index contributed by atoms with van der Waals surface area (Å²) in [4.78, 5) is 14.7. The third kappa shape index (κ3) is 5.49. The summed E-state index contributed by atoms with van der Waals surface area (Å²) < 4.78 is 40.0. The molecule has 6 nitrogen and oxygen atoms in total. The van der Waals surface area contributed by atoms with E-state index in [1.54, 1.807) is 0 Å². The van der Waals surface area contributed by atoms with Crippen molar-refractivity contribution in [1.29, 1.82) is 0 Å². The van der Waals surface area contributed by atoms with E-state index >= 15 is 0 Å². The molecule has 0 aliphatic carbocycles. The van der Waals surface area contributed by atoms with E-state index in [9.17, 15) is 18.0 Å². The van der Waals surface area contributed by atoms with Gasteiger partial charge in [-0.25, -0.2) is 0 Å². The van der Waals surface area contributed by atoms with E-state index in [0.29, 0.717) is 17.4 Å². The highest BCUT2D eigenvalue weighted by atomic mass is 32.2. The average molecular weight is 462 g/mol. The normalized spacial score (nSPS) is 14.6. The van der Waals surface area contributed by atoms with Crippen LogP contribution in [0.15, 0.2) is 59.8 Å². The van der Waals surface area contributed by atoms with Crippen molar-refractivity contribution >= 4 is 23.4 Å². The molecular formula is C22H22F3N5OS. The second-order valence-electron chi connectivity index (χ2n) is 7.46. The highest BCUT2D eigenvalue weighted by molar-refractivity contribution is 7.99. The number of anilines is 1. The van der Waals surface area contributed by atoms with Gasteiger partial charge in [-0.15, -0.1) is 10.2 Å². The summed E-state index contributed by atoms with van der Waals surface area (Å²) in [6.07, 6.45) is -2.07. The number of amides is 1. The van der Waals surface area contributed by atoms with Gasteiger partial charge >= 0.3 is 6.18 Å². The van der Waals surface area contributed by atoms with Gasteiger partial charge in [-0.05, 0) is 62.3 Å². The second kappa shape index (κ2) is 9.74. The molecule has 0 radical (unpaired) electrons. The molecule has 0 unspecified atom stereocenters. The Balaban J connectivity index is 1.44. The zero-order chi connectivity index (χ0) is 22.6.